The van der Waals surface area contributed by atoms with Crippen molar-refractivity contribution in [3.05, 3.63) is 29.1 Å². The van der Waals surface area contributed by atoms with E-state index in [2.05, 4.69) is 0 Å². The molecule has 3 N–H and O–H groups in total. The summed E-state index contributed by atoms with van der Waals surface area (Å²) in [6, 6.07) is 3.67. The molecule has 0 heterocycles. The molecule has 0 saturated carbocycles. The average molecular weight is 210 g/mol. The third-order valence-electron chi connectivity index (χ3n) is 2.02. The van der Waals surface area contributed by atoms with Crippen molar-refractivity contribution < 1.29 is 14.2 Å². The lowest BCUT2D eigenvalue weighted by Gasteiger charge is -2.11. The lowest BCUT2D eigenvalue weighted by atomic mass is 10.0. The average Bonchev–Trinajstić information content (AvgIpc) is 2.26. The number of ether oxygens (including phenoxy) is 1. The highest BCUT2D eigenvalue weighted by Gasteiger charge is 2.14. The summed E-state index contributed by atoms with van der Waals surface area (Å²) in [7, 11) is 1.28. The topological polar surface area (TPSA) is 79.3 Å². The zero-order chi connectivity index (χ0) is 11.4. The van der Waals surface area contributed by atoms with Crippen molar-refractivity contribution in [1.82, 2.24) is 0 Å². The van der Waals surface area contributed by atoms with Crippen molar-refractivity contribution in [2.75, 3.05) is 13.7 Å². The minimum atomic E-state index is -0.697. The van der Waals surface area contributed by atoms with Gasteiger partial charge in [0.15, 0.2) is 11.6 Å². The Morgan fingerprint density at radius 2 is 2.33 bits per heavy atom. The van der Waals surface area contributed by atoms with E-state index in [0.717, 1.165) is 6.07 Å². The van der Waals surface area contributed by atoms with Crippen LogP contribution in [0.1, 0.15) is 17.2 Å². The largest absolute Gasteiger partial charge is 0.492 e. The van der Waals surface area contributed by atoms with Gasteiger partial charge in [-0.25, -0.2) is 4.39 Å². The predicted octanol–water partition coefficient (Wildman–Crippen LogP) is 0.698. The van der Waals surface area contributed by atoms with Crippen molar-refractivity contribution in [2.24, 2.45) is 5.73 Å². The number of nitriles is 1. The molecule has 0 fully saturated rings. The predicted molar refractivity (Wildman–Crippen MR) is 51.7 cm³/mol. The van der Waals surface area contributed by atoms with E-state index in [1.165, 1.54) is 13.2 Å². The summed E-state index contributed by atoms with van der Waals surface area (Å²) in [6.07, 6.45) is 0. The number of aliphatic hydroxyl groups is 1. The molecule has 1 atom stereocenters. The molecule has 15 heavy (non-hydrogen) atoms. The van der Waals surface area contributed by atoms with E-state index < -0.39 is 11.9 Å². The Kier molecular flexibility index (Phi) is 3.61. The van der Waals surface area contributed by atoms with Gasteiger partial charge in [0.25, 0.3) is 0 Å². The van der Waals surface area contributed by atoms with E-state index in [4.69, 9.17) is 20.8 Å². The Hall–Kier alpha value is -1.64. The number of rotatable bonds is 3. The number of hydrogen-bond acceptors (Lipinski definition) is 4. The van der Waals surface area contributed by atoms with E-state index in [1.807, 2.05) is 0 Å². The highest BCUT2D eigenvalue weighted by atomic mass is 19.1. The van der Waals surface area contributed by atoms with Crippen LogP contribution in [0.15, 0.2) is 12.1 Å². The minimum absolute atomic E-state index is 0.0661. The fourth-order valence-corrected chi connectivity index (χ4v) is 1.22. The molecule has 1 aromatic rings. The van der Waals surface area contributed by atoms with Crippen LogP contribution in [-0.2, 0) is 0 Å². The molecule has 4 nitrogen and oxygen atoms in total. The van der Waals surface area contributed by atoms with Gasteiger partial charge in [0.05, 0.1) is 25.3 Å². The number of methoxy groups -OCH3 is 1. The van der Waals surface area contributed by atoms with Crippen LogP contribution in [0.4, 0.5) is 4.39 Å². The van der Waals surface area contributed by atoms with E-state index >= 15 is 0 Å². The number of halogens is 1. The molecule has 0 amide bonds. The summed E-state index contributed by atoms with van der Waals surface area (Å²) in [5.74, 6) is -0.762. The number of hydrogen-bond donors (Lipinski definition) is 2. The Morgan fingerprint density at radius 3 is 2.80 bits per heavy atom. The lowest BCUT2D eigenvalue weighted by Crippen LogP contribution is -2.15. The van der Waals surface area contributed by atoms with Crippen molar-refractivity contribution in [3.63, 3.8) is 0 Å². The zero-order valence-electron chi connectivity index (χ0n) is 8.20. The van der Waals surface area contributed by atoms with E-state index in [1.54, 1.807) is 6.07 Å². The van der Waals surface area contributed by atoms with Gasteiger partial charge in [0.1, 0.15) is 6.07 Å². The maximum absolute atomic E-state index is 13.4. The Bertz CT molecular complexity index is 401. The monoisotopic (exact) mass is 210 g/mol. The molecule has 0 aliphatic carbocycles. The molecule has 0 spiro atoms. The molecule has 1 rings (SSSR count). The summed E-state index contributed by atoms with van der Waals surface area (Å²) in [6.45, 7) is -0.309. The fraction of sp³-hybridized carbons (Fsp3) is 0.300. The third kappa shape index (κ3) is 2.24. The van der Waals surface area contributed by atoms with Gasteiger partial charge >= 0.3 is 0 Å². The molecular formula is C10H11FN2O2. The standard InChI is InChI=1S/C10H11FN2O2/c1-15-10-7(4-12)2-6(3-8(10)11)9(13)5-14/h2-3,9,14H,5,13H2,1H3. The van der Waals surface area contributed by atoms with Gasteiger partial charge in [-0.15, -0.1) is 0 Å². The highest BCUT2D eigenvalue weighted by molar-refractivity contribution is 5.47. The second-order valence-corrected chi connectivity index (χ2v) is 2.98. The molecule has 5 heteroatoms. The third-order valence-corrected chi connectivity index (χ3v) is 2.02. The molecule has 0 radical (unpaired) electrons. The fourth-order valence-electron chi connectivity index (χ4n) is 1.22. The Labute approximate surface area is 86.7 Å². The first-order valence-electron chi connectivity index (χ1n) is 4.28. The van der Waals surface area contributed by atoms with Crippen molar-refractivity contribution >= 4 is 0 Å². The van der Waals surface area contributed by atoms with Gasteiger partial charge in [-0.2, -0.15) is 5.26 Å². The van der Waals surface area contributed by atoms with Crippen molar-refractivity contribution in [3.8, 4) is 11.8 Å². The van der Waals surface area contributed by atoms with Crippen LogP contribution in [0.5, 0.6) is 5.75 Å². The molecule has 1 aromatic carbocycles. The van der Waals surface area contributed by atoms with Gasteiger partial charge in [-0.1, -0.05) is 0 Å². The van der Waals surface area contributed by atoms with Crippen LogP contribution in [0.2, 0.25) is 0 Å². The van der Waals surface area contributed by atoms with Crippen LogP contribution < -0.4 is 10.5 Å². The number of benzene rings is 1. The molecule has 0 bridgehead atoms. The molecule has 0 saturated heterocycles. The lowest BCUT2D eigenvalue weighted by molar-refractivity contribution is 0.267. The van der Waals surface area contributed by atoms with Gasteiger partial charge in [-0.05, 0) is 17.7 Å². The molecule has 0 aliphatic rings. The summed E-state index contributed by atoms with van der Waals surface area (Å²) in [5.41, 5.74) is 5.95. The molecule has 0 aliphatic heterocycles. The minimum Gasteiger partial charge on any atom is -0.492 e. The number of nitrogens with two attached hydrogens (primary N) is 1. The zero-order valence-corrected chi connectivity index (χ0v) is 8.20. The Morgan fingerprint density at radius 1 is 1.67 bits per heavy atom. The van der Waals surface area contributed by atoms with Gasteiger partial charge < -0.3 is 15.6 Å². The summed E-state index contributed by atoms with van der Waals surface area (Å²) < 4.78 is 18.1. The second-order valence-electron chi connectivity index (χ2n) is 2.98. The number of nitrogens with zero attached hydrogens (tertiary/aromatic N) is 1. The van der Waals surface area contributed by atoms with Crippen LogP contribution >= 0.6 is 0 Å². The quantitative estimate of drug-likeness (QED) is 0.769. The van der Waals surface area contributed by atoms with Crippen LogP contribution in [0.25, 0.3) is 0 Å². The summed E-state index contributed by atoms with van der Waals surface area (Å²) in [5, 5.41) is 17.6. The highest BCUT2D eigenvalue weighted by Crippen LogP contribution is 2.25. The van der Waals surface area contributed by atoms with Crippen LogP contribution in [0.3, 0.4) is 0 Å². The Balaban J connectivity index is 3.27. The molecular weight excluding hydrogens is 199 g/mol. The van der Waals surface area contributed by atoms with Gasteiger partial charge in [-0.3, -0.25) is 0 Å². The maximum atomic E-state index is 13.4. The first kappa shape index (κ1) is 11.4. The second kappa shape index (κ2) is 4.73. The van der Waals surface area contributed by atoms with E-state index in [-0.39, 0.29) is 17.9 Å². The number of aliphatic hydroxyl groups excluding tert-OH is 1. The smallest absolute Gasteiger partial charge is 0.172 e. The summed E-state index contributed by atoms with van der Waals surface area (Å²) >= 11 is 0. The van der Waals surface area contributed by atoms with Crippen molar-refractivity contribution in [2.45, 2.75) is 6.04 Å². The normalized spacial score (nSPS) is 11.9. The molecule has 80 valence electrons. The molecule has 1 unspecified atom stereocenters. The van der Waals surface area contributed by atoms with Crippen molar-refractivity contribution in [1.29, 1.82) is 5.26 Å². The van der Waals surface area contributed by atoms with E-state index in [9.17, 15) is 4.39 Å². The first-order valence-corrected chi connectivity index (χ1v) is 4.28. The van der Waals surface area contributed by atoms with Crippen LogP contribution in [-0.4, -0.2) is 18.8 Å². The maximum Gasteiger partial charge on any atom is 0.172 e. The van der Waals surface area contributed by atoms with E-state index in [0.29, 0.717) is 5.56 Å². The van der Waals surface area contributed by atoms with Crippen LogP contribution in [0, 0.1) is 17.1 Å². The SMILES string of the molecule is COc1c(F)cc(C(N)CO)cc1C#N. The van der Waals surface area contributed by atoms with Gasteiger partial charge in [0.2, 0.25) is 0 Å². The molecule has 0 aromatic heterocycles. The summed E-state index contributed by atoms with van der Waals surface area (Å²) in [4.78, 5) is 0. The first-order chi connectivity index (χ1) is 7.13. The van der Waals surface area contributed by atoms with Gasteiger partial charge in [0, 0.05) is 0 Å².